The smallest absolute Gasteiger partial charge is 0.306 e. The van der Waals surface area contributed by atoms with E-state index in [0.717, 1.165) is 96.3 Å². The molecule has 0 aromatic carbocycles. The second-order valence-electron chi connectivity index (χ2n) is 21.4. The average molecular weight is 1070 g/mol. The summed E-state index contributed by atoms with van der Waals surface area (Å²) in [5.74, 6) is -1.22. The molecule has 1 aliphatic heterocycles. The average Bonchev–Trinajstić information content (AvgIpc) is 3.42. The lowest BCUT2D eigenvalue weighted by Gasteiger charge is -2.41. The lowest BCUT2D eigenvalue weighted by molar-refractivity contribution is -0.305. The Hall–Kier alpha value is -2.90. The van der Waals surface area contributed by atoms with Crippen molar-refractivity contribution in [1.29, 1.82) is 0 Å². The van der Waals surface area contributed by atoms with Gasteiger partial charge in [-0.2, -0.15) is 0 Å². The number of unbranched alkanes of at least 4 members (excludes halogenated alkanes) is 28. The Morgan fingerprint density at radius 2 is 0.947 bits per heavy atom. The number of hydrogen-bond acceptors (Lipinski definition) is 10. The molecule has 440 valence electrons. The molecule has 76 heavy (non-hydrogen) atoms. The molecule has 0 aliphatic carbocycles. The van der Waals surface area contributed by atoms with Gasteiger partial charge in [-0.1, -0.05) is 241 Å². The van der Waals surface area contributed by atoms with Gasteiger partial charge >= 0.3 is 5.97 Å². The fraction of sp³-hybridized carbons (Fsp3) is 0.785. The van der Waals surface area contributed by atoms with E-state index in [1.165, 1.54) is 122 Å². The van der Waals surface area contributed by atoms with Gasteiger partial charge < -0.3 is 45.1 Å². The van der Waals surface area contributed by atoms with E-state index in [4.69, 9.17) is 14.2 Å². The lowest BCUT2D eigenvalue weighted by Crippen LogP contribution is -2.61. The van der Waals surface area contributed by atoms with Crippen LogP contribution in [0.2, 0.25) is 0 Å². The Balaban J connectivity index is 2.69. The minimum absolute atomic E-state index is 0.0955. The van der Waals surface area contributed by atoms with Crippen molar-refractivity contribution in [3.05, 3.63) is 72.9 Å². The summed E-state index contributed by atoms with van der Waals surface area (Å²) in [4.78, 5) is 26.5. The molecule has 0 bridgehead atoms. The van der Waals surface area contributed by atoms with Gasteiger partial charge in [-0.3, -0.25) is 9.59 Å². The van der Waals surface area contributed by atoms with Crippen LogP contribution in [0, 0.1) is 0 Å². The predicted molar refractivity (Wildman–Crippen MR) is 315 cm³/mol. The largest absolute Gasteiger partial charge is 0.454 e. The van der Waals surface area contributed by atoms with E-state index in [1.807, 2.05) is 6.08 Å². The molecule has 0 spiro atoms. The standard InChI is InChI=1S/C65H115NO10/c1-4-7-10-13-16-19-22-25-27-28-29-30-31-32-34-37-40-43-46-49-52-58(69)64(73)66-56(57(68)51-48-45-42-39-36-33-24-21-18-15-12-9-6-3)55-74-65-63(62(72)61(71)59(54-67)75-65)76-60(70)53-50-47-44-41-38-35-26-23-20-17-14-11-8-5-2/h8,11,16-17,19-20,25-27,35,48,51,56-59,61-63,65,67-69,71-72H,4-7,9-10,12-15,18,21-24,28-34,36-47,49-50,52-55H2,1-3H3,(H,66,73)/b11-8+,19-16-,20-17+,27-25-,35-26+,51-48+. The molecular weight excluding hydrogens is 955 g/mol. The van der Waals surface area contributed by atoms with Crippen LogP contribution in [-0.4, -0.2) is 99.6 Å². The van der Waals surface area contributed by atoms with E-state index >= 15 is 0 Å². The topological polar surface area (TPSA) is 175 Å². The molecule has 11 heteroatoms. The highest BCUT2D eigenvalue weighted by molar-refractivity contribution is 5.80. The van der Waals surface area contributed by atoms with Crippen molar-refractivity contribution in [1.82, 2.24) is 5.32 Å². The number of aliphatic hydroxyl groups excluding tert-OH is 5. The predicted octanol–water partition coefficient (Wildman–Crippen LogP) is 14.8. The summed E-state index contributed by atoms with van der Waals surface area (Å²) >= 11 is 0. The van der Waals surface area contributed by atoms with Gasteiger partial charge in [-0.05, 0) is 89.9 Å². The Morgan fingerprint density at radius 3 is 1.45 bits per heavy atom. The Morgan fingerprint density at radius 1 is 0.526 bits per heavy atom. The first-order valence-electron chi connectivity index (χ1n) is 31.2. The zero-order valence-electron chi connectivity index (χ0n) is 48.6. The minimum atomic E-state index is -1.62. The number of allylic oxidation sites excluding steroid dienone is 11. The van der Waals surface area contributed by atoms with Gasteiger partial charge in [0.15, 0.2) is 12.4 Å². The normalized spacial score (nSPS) is 19.6. The fourth-order valence-corrected chi connectivity index (χ4v) is 9.40. The summed E-state index contributed by atoms with van der Waals surface area (Å²) in [6, 6.07) is -1.03. The highest BCUT2D eigenvalue weighted by Gasteiger charge is 2.47. The zero-order chi connectivity index (χ0) is 55.4. The van der Waals surface area contributed by atoms with Crippen LogP contribution in [0.5, 0.6) is 0 Å². The summed E-state index contributed by atoms with van der Waals surface area (Å²) in [6.45, 7) is 5.64. The first kappa shape index (κ1) is 71.1. The van der Waals surface area contributed by atoms with Crippen molar-refractivity contribution in [3.8, 4) is 0 Å². The first-order valence-corrected chi connectivity index (χ1v) is 31.2. The van der Waals surface area contributed by atoms with Crippen molar-refractivity contribution in [2.45, 2.75) is 314 Å². The number of carbonyl (C=O) groups excluding carboxylic acids is 2. The highest BCUT2D eigenvalue weighted by atomic mass is 16.7. The number of esters is 1. The van der Waals surface area contributed by atoms with Gasteiger partial charge in [-0.25, -0.2) is 0 Å². The molecule has 8 unspecified atom stereocenters. The maximum atomic E-state index is 13.4. The molecule has 0 aromatic heterocycles. The lowest BCUT2D eigenvalue weighted by atomic mass is 9.99. The Bertz CT molecular complexity index is 1510. The van der Waals surface area contributed by atoms with Crippen molar-refractivity contribution in [2.75, 3.05) is 13.2 Å². The van der Waals surface area contributed by atoms with Crippen molar-refractivity contribution >= 4 is 11.9 Å². The van der Waals surface area contributed by atoms with Crippen LogP contribution in [-0.2, 0) is 23.8 Å². The summed E-state index contributed by atoms with van der Waals surface area (Å²) < 4.78 is 17.6. The molecule has 0 radical (unpaired) electrons. The second-order valence-corrected chi connectivity index (χ2v) is 21.4. The van der Waals surface area contributed by atoms with Gasteiger partial charge in [0.05, 0.1) is 25.4 Å². The fourth-order valence-electron chi connectivity index (χ4n) is 9.40. The number of aliphatic hydroxyl groups is 5. The molecule has 1 fully saturated rings. The quantitative estimate of drug-likeness (QED) is 0.0195. The molecule has 1 amide bonds. The number of ether oxygens (including phenoxy) is 3. The Labute approximate surface area is 464 Å². The molecule has 1 rings (SSSR count). The van der Waals surface area contributed by atoms with Gasteiger partial charge in [-0.15, -0.1) is 0 Å². The van der Waals surface area contributed by atoms with E-state index in [2.05, 4.69) is 86.8 Å². The third-order valence-electron chi connectivity index (χ3n) is 14.3. The van der Waals surface area contributed by atoms with Crippen LogP contribution in [0.25, 0.3) is 0 Å². The molecule has 8 atom stereocenters. The molecule has 6 N–H and O–H groups in total. The molecule has 1 aliphatic rings. The number of carbonyl (C=O) groups is 2. The van der Waals surface area contributed by atoms with E-state index in [0.29, 0.717) is 12.8 Å². The summed E-state index contributed by atoms with van der Waals surface area (Å²) in [5, 5.41) is 57.0. The number of amides is 1. The molecule has 1 heterocycles. The Kier molecular flexibility index (Phi) is 49.4. The van der Waals surface area contributed by atoms with Crippen molar-refractivity contribution in [3.63, 3.8) is 0 Å². The summed E-state index contributed by atoms with van der Waals surface area (Å²) in [6.07, 6.45) is 56.5. The summed E-state index contributed by atoms with van der Waals surface area (Å²) in [7, 11) is 0. The molecular formula is C65H115NO10. The van der Waals surface area contributed by atoms with E-state index in [-0.39, 0.29) is 19.4 Å². The SMILES string of the molecule is CC/C=C/C/C=C/C/C=C/CCCCCCC(=O)OC1C(OCC(NC(=O)C(O)CCCCCCCCCCCC/C=C\C/C=C\CCCCC)C(O)/C=C/CCCCCCCCCCCCC)OC(CO)C(O)C1O. The monoisotopic (exact) mass is 1070 g/mol. The van der Waals surface area contributed by atoms with Crippen LogP contribution in [0.15, 0.2) is 72.9 Å². The minimum Gasteiger partial charge on any atom is -0.454 e. The van der Waals surface area contributed by atoms with Gasteiger partial charge in [0.2, 0.25) is 5.91 Å². The number of hydrogen-bond donors (Lipinski definition) is 6. The first-order chi connectivity index (χ1) is 37.2. The van der Waals surface area contributed by atoms with Gasteiger partial charge in [0.1, 0.15) is 24.4 Å². The maximum Gasteiger partial charge on any atom is 0.306 e. The third kappa shape index (κ3) is 40.3. The number of rotatable bonds is 52. The molecule has 0 aromatic rings. The van der Waals surface area contributed by atoms with Crippen molar-refractivity contribution < 1.29 is 49.3 Å². The molecule has 0 saturated carbocycles. The third-order valence-corrected chi connectivity index (χ3v) is 14.3. The van der Waals surface area contributed by atoms with Crippen molar-refractivity contribution in [2.24, 2.45) is 0 Å². The maximum absolute atomic E-state index is 13.4. The second kappa shape index (κ2) is 52.8. The van der Waals surface area contributed by atoms with Gasteiger partial charge in [0, 0.05) is 6.42 Å². The van der Waals surface area contributed by atoms with Crippen LogP contribution < -0.4 is 5.32 Å². The highest BCUT2D eigenvalue weighted by Crippen LogP contribution is 2.26. The molecule has 1 saturated heterocycles. The molecule has 11 nitrogen and oxygen atoms in total. The van der Waals surface area contributed by atoms with Crippen LogP contribution in [0.3, 0.4) is 0 Å². The van der Waals surface area contributed by atoms with E-state index < -0.39 is 67.4 Å². The van der Waals surface area contributed by atoms with E-state index in [9.17, 15) is 35.1 Å². The summed E-state index contributed by atoms with van der Waals surface area (Å²) in [5.41, 5.74) is 0. The van der Waals surface area contributed by atoms with Crippen LogP contribution in [0.4, 0.5) is 0 Å². The van der Waals surface area contributed by atoms with Crippen LogP contribution >= 0.6 is 0 Å². The van der Waals surface area contributed by atoms with E-state index in [1.54, 1.807) is 6.08 Å². The zero-order valence-corrected chi connectivity index (χ0v) is 48.6. The van der Waals surface area contributed by atoms with Gasteiger partial charge in [0.25, 0.3) is 0 Å². The van der Waals surface area contributed by atoms with Crippen LogP contribution in [0.1, 0.15) is 265 Å². The number of nitrogens with one attached hydrogen (secondary N) is 1.